The van der Waals surface area contributed by atoms with Crippen molar-refractivity contribution < 1.29 is 13.2 Å². The second kappa shape index (κ2) is 9.89. The van der Waals surface area contributed by atoms with Crippen LogP contribution in [0.1, 0.15) is 32.4 Å². The standard InChI is InChI=1S/C18H29N3O3S.HI/c1-5-19-17(21-11-12-25(22,23)18(2,3)14-21)20-13-16(24-4)15-9-7-6-8-10-15;/h6-10,16H,5,11-14H2,1-4H3,(H,19,20);1H. The molecule has 1 fully saturated rings. The first kappa shape index (κ1) is 23.2. The van der Waals surface area contributed by atoms with E-state index in [2.05, 4.69) is 5.32 Å². The lowest BCUT2D eigenvalue weighted by Crippen LogP contribution is -2.57. The summed E-state index contributed by atoms with van der Waals surface area (Å²) in [4.78, 5) is 6.74. The van der Waals surface area contributed by atoms with Crippen LogP contribution in [0, 0.1) is 0 Å². The molecule has 0 spiro atoms. The molecule has 6 nitrogen and oxygen atoms in total. The summed E-state index contributed by atoms with van der Waals surface area (Å²) < 4.78 is 29.2. The van der Waals surface area contributed by atoms with Crippen molar-refractivity contribution in [1.29, 1.82) is 0 Å². The maximum absolute atomic E-state index is 12.2. The van der Waals surface area contributed by atoms with E-state index in [0.29, 0.717) is 19.6 Å². The average Bonchev–Trinajstić information content (AvgIpc) is 2.58. The van der Waals surface area contributed by atoms with Gasteiger partial charge in [-0.05, 0) is 26.3 Å². The Morgan fingerprint density at radius 1 is 1.35 bits per heavy atom. The zero-order valence-corrected chi connectivity index (χ0v) is 19.1. The zero-order chi connectivity index (χ0) is 18.5. The third-order valence-corrected chi connectivity index (χ3v) is 7.07. The Bertz CT molecular complexity index is 693. The molecule has 0 radical (unpaired) electrons. The van der Waals surface area contributed by atoms with Crippen molar-refractivity contribution in [3.05, 3.63) is 35.9 Å². The van der Waals surface area contributed by atoms with Gasteiger partial charge in [0.15, 0.2) is 15.8 Å². The van der Waals surface area contributed by atoms with Crippen LogP contribution < -0.4 is 5.32 Å². The Kier molecular flexibility index (Phi) is 8.81. The summed E-state index contributed by atoms with van der Waals surface area (Å²) >= 11 is 0. The minimum atomic E-state index is -3.07. The molecule has 1 aliphatic heterocycles. The summed E-state index contributed by atoms with van der Waals surface area (Å²) in [6.07, 6.45) is -0.128. The molecule has 1 saturated heterocycles. The van der Waals surface area contributed by atoms with Gasteiger partial charge < -0.3 is 15.0 Å². The molecule has 1 aromatic carbocycles. The van der Waals surface area contributed by atoms with Crippen LogP contribution in [-0.2, 0) is 14.6 Å². The highest BCUT2D eigenvalue weighted by Crippen LogP contribution is 2.24. The average molecular weight is 495 g/mol. The topological polar surface area (TPSA) is 71.0 Å². The van der Waals surface area contributed by atoms with E-state index in [1.807, 2.05) is 42.2 Å². The number of nitrogens with one attached hydrogen (secondary N) is 1. The molecule has 0 amide bonds. The Morgan fingerprint density at radius 2 is 2.00 bits per heavy atom. The number of aliphatic imine (C=N–C) groups is 1. The smallest absolute Gasteiger partial charge is 0.194 e. The molecular formula is C18H30IN3O3S. The molecule has 1 N–H and O–H groups in total. The Balaban J connectivity index is 0.00000338. The molecule has 0 saturated carbocycles. The van der Waals surface area contributed by atoms with Crippen LogP contribution in [0.3, 0.4) is 0 Å². The third kappa shape index (κ3) is 5.56. The monoisotopic (exact) mass is 495 g/mol. The fraction of sp³-hybridized carbons (Fsp3) is 0.611. The number of rotatable bonds is 5. The Morgan fingerprint density at radius 3 is 2.54 bits per heavy atom. The van der Waals surface area contributed by atoms with Crippen LogP contribution in [0.4, 0.5) is 0 Å². The van der Waals surface area contributed by atoms with Crippen LogP contribution in [0.15, 0.2) is 35.3 Å². The van der Waals surface area contributed by atoms with E-state index in [0.717, 1.165) is 18.1 Å². The maximum atomic E-state index is 12.2. The van der Waals surface area contributed by atoms with E-state index in [-0.39, 0.29) is 35.8 Å². The lowest BCUT2D eigenvalue weighted by molar-refractivity contribution is 0.110. The van der Waals surface area contributed by atoms with E-state index >= 15 is 0 Å². The van der Waals surface area contributed by atoms with E-state index in [9.17, 15) is 8.42 Å². The number of guanidine groups is 1. The maximum Gasteiger partial charge on any atom is 0.194 e. The highest BCUT2D eigenvalue weighted by molar-refractivity contribution is 14.0. The largest absolute Gasteiger partial charge is 0.375 e. The van der Waals surface area contributed by atoms with Crippen molar-refractivity contribution in [3.63, 3.8) is 0 Å². The van der Waals surface area contributed by atoms with Crippen LogP contribution in [-0.4, -0.2) is 63.1 Å². The van der Waals surface area contributed by atoms with E-state index in [1.165, 1.54) is 0 Å². The number of hydrogen-bond acceptors (Lipinski definition) is 4. The number of hydrogen-bond donors (Lipinski definition) is 1. The van der Waals surface area contributed by atoms with Crippen molar-refractivity contribution >= 4 is 39.8 Å². The summed E-state index contributed by atoms with van der Waals surface area (Å²) in [7, 11) is -1.39. The normalized spacial score (nSPS) is 20.2. The van der Waals surface area contributed by atoms with Gasteiger partial charge in [-0.3, -0.25) is 4.99 Å². The highest BCUT2D eigenvalue weighted by atomic mass is 127. The van der Waals surface area contributed by atoms with Gasteiger partial charge in [-0.15, -0.1) is 24.0 Å². The predicted octanol–water partition coefficient (Wildman–Crippen LogP) is 2.47. The highest BCUT2D eigenvalue weighted by Gasteiger charge is 2.41. The molecule has 1 atom stereocenters. The molecule has 8 heteroatoms. The molecule has 1 unspecified atom stereocenters. The quantitative estimate of drug-likeness (QED) is 0.386. The van der Waals surface area contributed by atoms with Crippen molar-refractivity contribution in [2.45, 2.75) is 31.6 Å². The number of methoxy groups -OCH3 is 1. The molecule has 1 aromatic rings. The van der Waals surface area contributed by atoms with Crippen LogP contribution in [0.25, 0.3) is 0 Å². The van der Waals surface area contributed by atoms with Crippen LogP contribution in [0.2, 0.25) is 0 Å². The molecule has 2 rings (SSSR count). The minimum absolute atomic E-state index is 0. The van der Waals surface area contributed by atoms with Gasteiger partial charge in [0.1, 0.15) is 6.10 Å². The second-order valence-electron chi connectivity index (χ2n) is 6.83. The van der Waals surface area contributed by atoms with Gasteiger partial charge in [-0.25, -0.2) is 8.42 Å². The first-order valence-electron chi connectivity index (χ1n) is 8.64. The predicted molar refractivity (Wildman–Crippen MR) is 117 cm³/mol. The fourth-order valence-corrected chi connectivity index (χ4v) is 4.27. The number of halogens is 1. The third-order valence-electron chi connectivity index (χ3n) is 4.54. The van der Waals surface area contributed by atoms with Gasteiger partial charge in [0.2, 0.25) is 0 Å². The van der Waals surface area contributed by atoms with Crippen molar-refractivity contribution in [3.8, 4) is 0 Å². The van der Waals surface area contributed by atoms with Gasteiger partial charge >= 0.3 is 0 Å². The first-order chi connectivity index (χ1) is 11.8. The fourth-order valence-electron chi connectivity index (χ4n) is 2.90. The summed E-state index contributed by atoms with van der Waals surface area (Å²) in [5, 5.41) is 3.27. The Labute approximate surface area is 174 Å². The van der Waals surface area contributed by atoms with Gasteiger partial charge in [0.05, 0.1) is 17.0 Å². The second-order valence-corrected chi connectivity index (χ2v) is 9.57. The zero-order valence-electron chi connectivity index (χ0n) is 15.9. The molecule has 0 aliphatic carbocycles. The number of nitrogens with zero attached hydrogens (tertiary/aromatic N) is 2. The van der Waals surface area contributed by atoms with E-state index in [1.54, 1.807) is 21.0 Å². The molecule has 1 aliphatic rings. The van der Waals surface area contributed by atoms with E-state index < -0.39 is 14.6 Å². The summed E-state index contributed by atoms with van der Waals surface area (Å²) in [5.41, 5.74) is 1.08. The summed E-state index contributed by atoms with van der Waals surface area (Å²) in [5.74, 6) is 0.889. The number of sulfone groups is 1. The summed E-state index contributed by atoms with van der Waals surface area (Å²) in [6, 6.07) is 9.97. The minimum Gasteiger partial charge on any atom is -0.375 e. The molecular weight excluding hydrogens is 465 g/mol. The van der Waals surface area contributed by atoms with Gasteiger partial charge in [-0.1, -0.05) is 30.3 Å². The molecule has 148 valence electrons. The van der Waals surface area contributed by atoms with Gasteiger partial charge in [0.25, 0.3) is 0 Å². The lowest BCUT2D eigenvalue weighted by atomic mass is 10.1. The lowest BCUT2D eigenvalue weighted by Gasteiger charge is -2.39. The number of ether oxygens (including phenoxy) is 1. The van der Waals surface area contributed by atoms with Crippen molar-refractivity contribution in [2.24, 2.45) is 4.99 Å². The first-order valence-corrected chi connectivity index (χ1v) is 10.3. The number of benzene rings is 1. The SMILES string of the molecule is CCNC(=NCC(OC)c1ccccc1)N1CCS(=O)(=O)C(C)(C)C1.I. The van der Waals surface area contributed by atoms with Crippen LogP contribution >= 0.6 is 24.0 Å². The van der Waals surface area contributed by atoms with Gasteiger partial charge in [0, 0.05) is 26.7 Å². The molecule has 26 heavy (non-hydrogen) atoms. The molecule has 0 aromatic heterocycles. The molecule has 0 bridgehead atoms. The van der Waals surface area contributed by atoms with Crippen molar-refractivity contribution in [2.75, 3.05) is 39.0 Å². The molecule has 1 heterocycles. The summed E-state index contributed by atoms with van der Waals surface area (Å²) in [6.45, 7) is 7.66. The van der Waals surface area contributed by atoms with Gasteiger partial charge in [-0.2, -0.15) is 0 Å². The Hall–Kier alpha value is -0.870. The van der Waals surface area contributed by atoms with E-state index in [4.69, 9.17) is 9.73 Å². The van der Waals surface area contributed by atoms with Crippen molar-refractivity contribution in [1.82, 2.24) is 10.2 Å². The van der Waals surface area contributed by atoms with Crippen LogP contribution in [0.5, 0.6) is 0 Å².